The van der Waals surface area contributed by atoms with Crippen LogP contribution in [0.15, 0.2) is 42.7 Å². The van der Waals surface area contributed by atoms with Gasteiger partial charge in [0.25, 0.3) is 0 Å². The summed E-state index contributed by atoms with van der Waals surface area (Å²) >= 11 is 0. The predicted molar refractivity (Wildman–Crippen MR) is 108 cm³/mol. The molecule has 0 bridgehead atoms. The highest BCUT2D eigenvalue weighted by atomic mass is 16.2. The number of nitrogens with zero attached hydrogens (tertiary/aromatic N) is 5. The van der Waals surface area contributed by atoms with Gasteiger partial charge in [-0.1, -0.05) is 6.07 Å². The van der Waals surface area contributed by atoms with Gasteiger partial charge in [-0.3, -0.25) is 0 Å². The molecule has 2 aromatic heterocycles. The van der Waals surface area contributed by atoms with E-state index in [1.54, 1.807) is 0 Å². The smallest absolute Gasteiger partial charge is 0.321 e. The lowest BCUT2D eigenvalue weighted by molar-refractivity contribution is 0.181. The summed E-state index contributed by atoms with van der Waals surface area (Å²) in [6.07, 6.45) is 7.78. The molecule has 142 valence electrons. The number of hydrogen-bond donors (Lipinski definition) is 1. The number of aromatic nitrogens is 3. The average molecular weight is 374 g/mol. The number of anilines is 2. The first-order valence-electron chi connectivity index (χ1n) is 9.94. The van der Waals surface area contributed by atoms with E-state index in [2.05, 4.69) is 26.4 Å². The highest BCUT2D eigenvalue weighted by Gasteiger charge is 2.52. The third-order valence-corrected chi connectivity index (χ3v) is 6.22. The Morgan fingerprint density at radius 1 is 1.11 bits per heavy atom. The van der Waals surface area contributed by atoms with Gasteiger partial charge >= 0.3 is 6.03 Å². The molecule has 1 aromatic carbocycles. The number of amides is 2. The first-order chi connectivity index (χ1) is 13.7. The number of carbonyl (C=O) groups is 1. The van der Waals surface area contributed by atoms with Crippen LogP contribution in [-0.4, -0.2) is 51.9 Å². The van der Waals surface area contributed by atoms with Crippen molar-refractivity contribution in [2.75, 3.05) is 36.4 Å². The minimum Gasteiger partial charge on any atom is -0.369 e. The molecule has 1 spiro atoms. The van der Waals surface area contributed by atoms with Crippen LogP contribution in [0.5, 0.6) is 0 Å². The lowest BCUT2D eigenvalue weighted by Crippen LogP contribution is -2.48. The van der Waals surface area contributed by atoms with Crippen molar-refractivity contribution in [3.63, 3.8) is 0 Å². The summed E-state index contributed by atoms with van der Waals surface area (Å²) < 4.78 is 1.83. The molecule has 6 rings (SSSR count). The fourth-order valence-electron chi connectivity index (χ4n) is 4.10. The van der Waals surface area contributed by atoms with Crippen LogP contribution in [0, 0.1) is 5.41 Å². The van der Waals surface area contributed by atoms with E-state index < -0.39 is 0 Å². The summed E-state index contributed by atoms with van der Waals surface area (Å²) in [5.74, 6) is 0. The molecular weight excluding hydrogens is 352 g/mol. The molecule has 0 radical (unpaired) electrons. The van der Waals surface area contributed by atoms with E-state index in [0.29, 0.717) is 5.41 Å². The summed E-state index contributed by atoms with van der Waals surface area (Å²) in [6.45, 7) is 3.99. The SMILES string of the molecule is O=C(Nc1cccc(-n2cc3cc(N4CC5(CC5)C4)cnc3n2)c1)N1CCC1. The lowest BCUT2D eigenvalue weighted by Gasteiger charge is -2.41. The topological polar surface area (TPSA) is 66.3 Å². The number of pyridine rings is 1. The Kier molecular flexibility index (Phi) is 3.24. The van der Waals surface area contributed by atoms with Gasteiger partial charge in [-0.05, 0) is 43.5 Å². The Morgan fingerprint density at radius 3 is 2.71 bits per heavy atom. The van der Waals surface area contributed by atoms with Crippen molar-refractivity contribution in [1.29, 1.82) is 0 Å². The quantitative estimate of drug-likeness (QED) is 0.764. The number of hydrogen-bond acceptors (Lipinski definition) is 4. The summed E-state index contributed by atoms with van der Waals surface area (Å²) in [7, 11) is 0. The molecule has 1 N–H and O–H groups in total. The van der Waals surface area contributed by atoms with Gasteiger partial charge in [0.15, 0.2) is 5.65 Å². The van der Waals surface area contributed by atoms with Crippen molar-refractivity contribution in [1.82, 2.24) is 19.7 Å². The van der Waals surface area contributed by atoms with Crippen molar-refractivity contribution in [2.45, 2.75) is 19.3 Å². The van der Waals surface area contributed by atoms with Crippen LogP contribution in [0.25, 0.3) is 16.7 Å². The highest BCUT2D eigenvalue weighted by Crippen LogP contribution is 2.53. The minimum absolute atomic E-state index is 0.0386. The van der Waals surface area contributed by atoms with Crippen LogP contribution in [0.4, 0.5) is 16.2 Å². The van der Waals surface area contributed by atoms with E-state index in [4.69, 9.17) is 0 Å². The van der Waals surface area contributed by atoms with Crippen LogP contribution in [0.2, 0.25) is 0 Å². The average Bonchev–Trinajstić information content (AvgIpc) is 3.31. The maximum atomic E-state index is 12.1. The summed E-state index contributed by atoms with van der Waals surface area (Å²) in [5.41, 5.74) is 4.22. The van der Waals surface area contributed by atoms with Gasteiger partial charge in [-0.2, -0.15) is 0 Å². The zero-order valence-electron chi connectivity index (χ0n) is 15.6. The van der Waals surface area contributed by atoms with Gasteiger partial charge in [0.05, 0.1) is 17.6 Å². The van der Waals surface area contributed by atoms with E-state index in [9.17, 15) is 4.79 Å². The van der Waals surface area contributed by atoms with Gasteiger partial charge in [-0.15, -0.1) is 5.10 Å². The zero-order chi connectivity index (χ0) is 18.7. The summed E-state index contributed by atoms with van der Waals surface area (Å²) in [5, 5.41) is 8.61. The van der Waals surface area contributed by atoms with E-state index in [0.717, 1.165) is 55.0 Å². The summed E-state index contributed by atoms with van der Waals surface area (Å²) in [6, 6.07) is 9.90. The fourth-order valence-corrected chi connectivity index (χ4v) is 4.10. The van der Waals surface area contributed by atoms with Crippen LogP contribution in [-0.2, 0) is 0 Å². The number of carbonyl (C=O) groups excluding carboxylic acids is 1. The second kappa shape index (κ2) is 5.70. The van der Waals surface area contributed by atoms with Crippen molar-refractivity contribution in [2.24, 2.45) is 5.41 Å². The number of likely N-dealkylation sites (tertiary alicyclic amines) is 1. The van der Waals surface area contributed by atoms with Gasteiger partial charge < -0.3 is 15.1 Å². The van der Waals surface area contributed by atoms with Crippen molar-refractivity contribution in [3.05, 3.63) is 42.7 Å². The Hall–Kier alpha value is -3.09. The molecule has 0 atom stereocenters. The van der Waals surface area contributed by atoms with E-state index in [1.807, 2.05) is 46.2 Å². The monoisotopic (exact) mass is 374 g/mol. The number of rotatable bonds is 3. The Labute approximate surface area is 162 Å². The van der Waals surface area contributed by atoms with Crippen LogP contribution in [0.3, 0.4) is 0 Å². The fraction of sp³-hybridized carbons (Fsp3) is 0.381. The van der Waals surface area contributed by atoms with E-state index in [-0.39, 0.29) is 6.03 Å². The first kappa shape index (κ1) is 15.9. The second-order valence-corrected chi connectivity index (χ2v) is 8.36. The number of fused-ring (bicyclic) bond motifs is 1. The van der Waals surface area contributed by atoms with Crippen LogP contribution < -0.4 is 10.2 Å². The molecule has 3 aliphatic rings. The third kappa shape index (κ3) is 2.61. The lowest BCUT2D eigenvalue weighted by atomic mass is 9.96. The summed E-state index contributed by atoms with van der Waals surface area (Å²) in [4.78, 5) is 20.9. The van der Waals surface area contributed by atoms with Crippen LogP contribution >= 0.6 is 0 Å². The zero-order valence-corrected chi connectivity index (χ0v) is 15.6. The molecule has 3 aromatic rings. The Balaban J connectivity index is 1.25. The van der Waals surface area contributed by atoms with E-state index in [1.165, 1.54) is 18.5 Å². The molecule has 28 heavy (non-hydrogen) atoms. The second-order valence-electron chi connectivity index (χ2n) is 8.36. The molecule has 7 heteroatoms. The molecule has 0 unspecified atom stereocenters. The van der Waals surface area contributed by atoms with E-state index >= 15 is 0 Å². The first-order valence-corrected chi connectivity index (χ1v) is 9.94. The predicted octanol–water partition coefficient (Wildman–Crippen LogP) is 3.26. The maximum Gasteiger partial charge on any atom is 0.321 e. The molecule has 2 saturated heterocycles. The molecule has 1 saturated carbocycles. The van der Waals surface area contributed by atoms with Crippen LogP contribution in [0.1, 0.15) is 19.3 Å². The Bertz CT molecular complexity index is 1070. The van der Waals surface area contributed by atoms with Gasteiger partial charge in [0.1, 0.15) is 0 Å². The number of benzene rings is 1. The largest absolute Gasteiger partial charge is 0.369 e. The number of nitrogens with one attached hydrogen (secondary N) is 1. The molecule has 4 heterocycles. The van der Waals surface area contributed by atoms with Gasteiger partial charge in [-0.25, -0.2) is 14.5 Å². The molecular formula is C21H22N6O. The van der Waals surface area contributed by atoms with Crippen molar-refractivity contribution >= 4 is 28.4 Å². The minimum atomic E-state index is -0.0386. The number of urea groups is 1. The molecule has 7 nitrogen and oxygen atoms in total. The maximum absolute atomic E-state index is 12.1. The van der Waals surface area contributed by atoms with Crippen molar-refractivity contribution in [3.8, 4) is 5.69 Å². The van der Waals surface area contributed by atoms with Gasteiger partial charge in [0, 0.05) is 48.9 Å². The highest BCUT2D eigenvalue weighted by molar-refractivity contribution is 5.90. The molecule has 2 aliphatic heterocycles. The molecule has 3 fully saturated rings. The van der Waals surface area contributed by atoms with Gasteiger partial charge in [0.2, 0.25) is 0 Å². The normalized spacial score (nSPS) is 19.4. The standard InChI is InChI=1S/C21H22N6O/c28-20(25-7-2-8-25)23-16-3-1-4-17(10-16)27-12-15-9-18(11-22-19(15)24-27)26-13-21(14-26)5-6-21/h1,3-4,9-12H,2,5-8,13-14H2,(H,23,28). The third-order valence-electron chi connectivity index (χ3n) is 6.22. The molecule has 1 aliphatic carbocycles. The Morgan fingerprint density at radius 2 is 1.96 bits per heavy atom. The van der Waals surface area contributed by atoms with Crippen molar-refractivity contribution < 1.29 is 4.79 Å². The molecule has 2 amide bonds.